The van der Waals surface area contributed by atoms with Crippen LogP contribution < -0.4 is 10.6 Å². The Morgan fingerprint density at radius 2 is 1.79 bits per heavy atom. The molecule has 1 aromatic rings. The molecule has 19 heavy (non-hydrogen) atoms. The van der Waals surface area contributed by atoms with Gasteiger partial charge in [0.1, 0.15) is 0 Å². The first-order valence-corrected chi connectivity index (χ1v) is 6.62. The molecule has 0 aliphatic carbocycles. The molecule has 0 aromatic heterocycles. The third-order valence-electron chi connectivity index (χ3n) is 3.09. The zero-order valence-corrected chi connectivity index (χ0v) is 12.0. The maximum atomic E-state index is 10.7. The van der Waals surface area contributed by atoms with Crippen LogP contribution in [0.1, 0.15) is 32.8 Å². The molecule has 4 heteroatoms. The predicted molar refractivity (Wildman–Crippen MR) is 78.7 cm³/mol. The lowest BCUT2D eigenvalue weighted by Crippen LogP contribution is -2.31. The van der Waals surface area contributed by atoms with Crippen LogP contribution in [0.3, 0.4) is 0 Å². The van der Waals surface area contributed by atoms with Gasteiger partial charge in [-0.25, -0.2) is 0 Å². The highest BCUT2D eigenvalue weighted by atomic mass is 16.4. The molecule has 0 aliphatic rings. The van der Waals surface area contributed by atoms with E-state index in [1.54, 1.807) is 0 Å². The van der Waals surface area contributed by atoms with Crippen LogP contribution in [-0.2, 0) is 10.2 Å². The summed E-state index contributed by atoms with van der Waals surface area (Å²) < 4.78 is 0. The highest BCUT2D eigenvalue weighted by Crippen LogP contribution is 2.24. The van der Waals surface area contributed by atoms with E-state index in [0.717, 1.165) is 5.69 Å². The molecule has 0 radical (unpaired) electrons. The molecule has 0 spiro atoms. The van der Waals surface area contributed by atoms with Crippen molar-refractivity contribution in [3.05, 3.63) is 29.8 Å². The number of rotatable bonds is 6. The number of aliphatic carboxylic acids is 1. The van der Waals surface area contributed by atoms with Gasteiger partial charge in [0.25, 0.3) is 0 Å². The Bertz CT molecular complexity index is 407. The highest BCUT2D eigenvalue weighted by molar-refractivity contribution is 5.67. The molecule has 0 unspecified atom stereocenters. The van der Waals surface area contributed by atoms with Gasteiger partial charge < -0.3 is 15.7 Å². The second kappa shape index (κ2) is 6.57. The first-order valence-electron chi connectivity index (χ1n) is 6.62. The Hall–Kier alpha value is -1.55. The SMILES string of the molecule is CC(C)(C)c1ccc(N(CCN)CCC(=O)O)cc1. The third kappa shape index (κ3) is 4.91. The minimum absolute atomic E-state index is 0.123. The van der Waals surface area contributed by atoms with Crippen LogP contribution >= 0.6 is 0 Å². The van der Waals surface area contributed by atoms with Crippen molar-refractivity contribution in [1.82, 2.24) is 0 Å². The van der Waals surface area contributed by atoms with Crippen molar-refractivity contribution in [3.8, 4) is 0 Å². The van der Waals surface area contributed by atoms with Crippen molar-refractivity contribution in [1.29, 1.82) is 0 Å². The summed E-state index contributed by atoms with van der Waals surface area (Å²) in [4.78, 5) is 12.7. The van der Waals surface area contributed by atoms with Crippen LogP contribution in [0.5, 0.6) is 0 Å². The van der Waals surface area contributed by atoms with Gasteiger partial charge in [0.15, 0.2) is 0 Å². The molecule has 0 fully saturated rings. The summed E-state index contributed by atoms with van der Waals surface area (Å²) in [6.07, 6.45) is 0.126. The van der Waals surface area contributed by atoms with E-state index in [2.05, 4.69) is 32.9 Å². The minimum Gasteiger partial charge on any atom is -0.481 e. The Labute approximate surface area is 115 Å². The van der Waals surface area contributed by atoms with Crippen LogP contribution in [0.2, 0.25) is 0 Å². The van der Waals surface area contributed by atoms with Crippen LogP contribution in [0.25, 0.3) is 0 Å². The number of hydrogen-bond donors (Lipinski definition) is 2. The average molecular weight is 264 g/mol. The van der Waals surface area contributed by atoms with Gasteiger partial charge in [0, 0.05) is 25.3 Å². The van der Waals surface area contributed by atoms with Crippen molar-refractivity contribution in [3.63, 3.8) is 0 Å². The fourth-order valence-electron chi connectivity index (χ4n) is 1.93. The quantitative estimate of drug-likeness (QED) is 0.827. The molecule has 1 rings (SSSR count). The van der Waals surface area contributed by atoms with Crippen molar-refractivity contribution in [2.75, 3.05) is 24.5 Å². The molecule has 0 amide bonds. The summed E-state index contributed by atoms with van der Waals surface area (Å²) in [5, 5.41) is 8.77. The number of anilines is 1. The Balaban J connectivity index is 2.82. The maximum absolute atomic E-state index is 10.7. The van der Waals surface area contributed by atoms with E-state index in [1.165, 1.54) is 5.56 Å². The summed E-state index contributed by atoms with van der Waals surface area (Å²) in [5.74, 6) is -0.784. The number of nitrogens with zero attached hydrogens (tertiary/aromatic N) is 1. The normalized spacial score (nSPS) is 11.4. The molecule has 1 aromatic carbocycles. The van der Waals surface area contributed by atoms with E-state index >= 15 is 0 Å². The molecule has 0 atom stereocenters. The highest BCUT2D eigenvalue weighted by Gasteiger charge is 2.14. The zero-order valence-electron chi connectivity index (χ0n) is 12.0. The van der Waals surface area contributed by atoms with Gasteiger partial charge in [-0.15, -0.1) is 0 Å². The van der Waals surface area contributed by atoms with Crippen molar-refractivity contribution >= 4 is 11.7 Å². The molecule has 4 nitrogen and oxygen atoms in total. The number of benzene rings is 1. The van der Waals surface area contributed by atoms with Crippen LogP contribution in [0.15, 0.2) is 24.3 Å². The van der Waals surface area contributed by atoms with Gasteiger partial charge in [0.2, 0.25) is 0 Å². The van der Waals surface area contributed by atoms with Gasteiger partial charge in [-0.2, -0.15) is 0 Å². The number of hydrogen-bond acceptors (Lipinski definition) is 3. The summed E-state index contributed by atoms with van der Waals surface area (Å²) in [5.41, 5.74) is 8.00. The lowest BCUT2D eigenvalue weighted by Gasteiger charge is -2.25. The first kappa shape index (κ1) is 15.5. The van der Waals surface area contributed by atoms with E-state index in [4.69, 9.17) is 10.8 Å². The maximum Gasteiger partial charge on any atom is 0.305 e. The van der Waals surface area contributed by atoms with E-state index < -0.39 is 5.97 Å². The first-order chi connectivity index (χ1) is 8.84. The molecule has 0 heterocycles. The van der Waals surface area contributed by atoms with Crippen LogP contribution in [0.4, 0.5) is 5.69 Å². The number of carboxylic acids is 1. The molecule has 0 bridgehead atoms. The van der Waals surface area contributed by atoms with E-state index in [0.29, 0.717) is 19.6 Å². The monoisotopic (exact) mass is 264 g/mol. The van der Waals surface area contributed by atoms with E-state index in [1.807, 2.05) is 17.0 Å². The lowest BCUT2D eigenvalue weighted by molar-refractivity contribution is -0.136. The van der Waals surface area contributed by atoms with Gasteiger partial charge >= 0.3 is 5.97 Å². The largest absolute Gasteiger partial charge is 0.481 e. The summed E-state index contributed by atoms with van der Waals surface area (Å²) in [6.45, 7) is 8.18. The predicted octanol–water partition coefficient (Wildman–Crippen LogP) is 2.22. The van der Waals surface area contributed by atoms with E-state index in [9.17, 15) is 4.79 Å². The summed E-state index contributed by atoms with van der Waals surface area (Å²) in [6, 6.07) is 8.27. The number of nitrogens with two attached hydrogens (primary N) is 1. The lowest BCUT2D eigenvalue weighted by atomic mass is 9.87. The smallest absolute Gasteiger partial charge is 0.305 e. The Morgan fingerprint density at radius 3 is 2.21 bits per heavy atom. The number of carboxylic acid groups (broad SMARTS) is 1. The second-order valence-corrected chi connectivity index (χ2v) is 5.72. The summed E-state index contributed by atoms with van der Waals surface area (Å²) in [7, 11) is 0. The van der Waals surface area contributed by atoms with Gasteiger partial charge in [0.05, 0.1) is 6.42 Å². The Kier molecular flexibility index (Phi) is 5.36. The van der Waals surface area contributed by atoms with Gasteiger partial charge in [-0.05, 0) is 23.1 Å². The van der Waals surface area contributed by atoms with Crippen LogP contribution in [0, 0.1) is 0 Å². The molecule has 0 aliphatic heterocycles. The molecular weight excluding hydrogens is 240 g/mol. The van der Waals surface area contributed by atoms with Crippen LogP contribution in [-0.4, -0.2) is 30.7 Å². The van der Waals surface area contributed by atoms with Crippen molar-refractivity contribution in [2.45, 2.75) is 32.6 Å². The third-order valence-corrected chi connectivity index (χ3v) is 3.09. The topological polar surface area (TPSA) is 66.6 Å². The minimum atomic E-state index is -0.784. The fourth-order valence-corrected chi connectivity index (χ4v) is 1.93. The zero-order chi connectivity index (χ0) is 14.5. The second-order valence-electron chi connectivity index (χ2n) is 5.72. The van der Waals surface area contributed by atoms with Gasteiger partial charge in [-0.3, -0.25) is 4.79 Å². The molecular formula is C15H24N2O2. The molecule has 106 valence electrons. The molecule has 0 saturated carbocycles. The average Bonchev–Trinajstić information content (AvgIpc) is 2.33. The molecule has 0 saturated heterocycles. The van der Waals surface area contributed by atoms with E-state index in [-0.39, 0.29) is 11.8 Å². The Morgan fingerprint density at radius 1 is 1.21 bits per heavy atom. The standard InChI is InChI=1S/C15H24N2O2/c1-15(2,3)12-4-6-13(7-5-12)17(11-9-16)10-8-14(18)19/h4-7H,8-11,16H2,1-3H3,(H,18,19). The van der Waals surface area contributed by atoms with Crippen molar-refractivity contribution < 1.29 is 9.90 Å². The fraction of sp³-hybridized carbons (Fsp3) is 0.533. The molecule has 3 N–H and O–H groups in total. The summed E-state index contributed by atoms with van der Waals surface area (Å²) >= 11 is 0. The van der Waals surface area contributed by atoms with Gasteiger partial charge in [-0.1, -0.05) is 32.9 Å². The number of carbonyl (C=O) groups is 1. The van der Waals surface area contributed by atoms with Crippen molar-refractivity contribution in [2.24, 2.45) is 5.73 Å².